The normalized spacial score (nSPS) is 11.0. The molecular weight excluding hydrogens is 388 g/mol. The van der Waals surface area contributed by atoms with Gasteiger partial charge in [-0.1, -0.05) is 32.0 Å². The molecule has 0 fully saturated rings. The van der Waals surface area contributed by atoms with Gasteiger partial charge in [0.05, 0.1) is 14.2 Å². The molecule has 6 heteroatoms. The van der Waals surface area contributed by atoms with Gasteiger partial charge in [0.15, 0.2) is 11.5 Å². The number of ether oxygens (including phenoxy) is 2. The van der Waals surface area contributed by atoms with Gasteiger partial charge in [-0.25, -0.2) is 4.98 Å². The Morgan fingerprint density at radius 1 is 0.903 bits per heavy atom. The van der Waals surface area contributed by atoms with Crippen molar-refractivity contribution in [2.24, 2.45) is 0 Å². The fourth-order valence-corrected chi connectivity index (χ4v) is 3.46. The molecule has 0 saturated heterocycles. The van der Waals surface area contributed by atoms with Crippen molar-refractivity contribution in [2.75, 3.05) is 24.9 Å². The number of para-hydroxylation sites is 1. The molecule has 1 aromatic heterocycles. The lowest BCUT2D eigenvalue weighted by Gasteiger charge is -2.19. The first kappa shape index (κ1) is 22.4. The van der Waals surface area contributed by atoms with Crippen LogP contribution < -0.4 is 20.1 Å². The van der Waals surface area contributed by atoms with E-state index in [4.69, 9.17) is 14.5 Å². The summed E-state index contributed by atoms with van der Waals surface area (Å²) in [7, 11) is 3.33. The average Bonchev–Trinajstić information content (AvgIpc) is 2.75. The molecule has 0 radical (unpaired) electrons. The standard InChI is InChI=1S/C25H32N4O2/c1-16(2)21-14-23(31-6)22(30-5)13-18(21)12-19-15-26-25(27-17(3)4)29-24(19)28-20-10-8-7-9-11-20/h7-11,13-17H,12H2,1-6H3,(H2,26,27,28,29). The average molecular weight is 421 g/mol. The van der Waals surface area contributed by atoms with Crippen molar-refractivity contribution in [3.63, 3.8) is 0 Å². The predicted molar refractivity (Wildman–Crippen MR) is 127 cm³/mol. The molecule has 0 aliphatic carbocycles. The van der Waals surface area contributed by atoms with E-state index < -0.39 is 0 Å². The summed E-state index contributed by atoms with van der Waals surface area (Å²) in [6.07, 6.45) is 2.56. The molecule has 164 valence electrons. The van der Waals surface area contributed by atoms with Gasteiger partial charge in [0.1, 0.15) is 5.82 Å². The Morgan fingerprint density at radius 2 is 1.58 bits per heavy atom. The summed E-state index contributed by atoms with van der Waals surface area (Å²) >= 11 is 0. The molecule has 6 nitrogen and oxygen atoms in total. The number of nitrogens with zero attached hydrogens (tertiary/aromatic N) is 2. The Hall–Kier alpha value is -3.28. The largest absolute Gasteiger partial charge is 0.493 e. The number of aromatic nitrogens is 2. The first-order valence-corrected chi connectivity index (χ1v) is 10.6. The van der Waals surface area contributed by atoms with Crippen LogP contribution in [0.15, 0.2) is 48.7 Å². The first-order chi connectivity index (χ1) is 14.9. The van der Waals surface area contributed by atoms with E-state index >= 15 is 0 Å². The van der Waals surface area contributed by atoms with E-state index in [0.717, 1.165) is 34.1 Å². The fourth-order valence-electron chi connectivity index (χ4n) is 3.46. The van der Waals surface area contributed by atoms with Crippen molar-refractivity contribution in [3.8, 4) is 11.5 Å². The Kier molecular flexibility index (Phi) is 7.34. The molecule has 3 rings (SSSR count). The van der Waals surface area contributed by atoms with E-state index in [2.05, 4.69) is 55.4 Å². The molecule has 0 spiro atoms. The minimum absolute atomic E-state index is 0.244. The van der Waals surface area contributed by atoms with Gasteiger partial charge in [0, 0.05) is 29.9 Å². The Bertz CT molecular complexity index is 1000. The molecule has 0 atom stereocenters. The summed E-state index contributed by atoms with van der Waals surface area (Å²) in [5, 5.41) is 6.75. The van der Waals surface area contributed by atoms with Gasteiger partial charge in [0.25, 0.3) is 0 Å². The van der Waals surface area contributed by atoms with Crippen molar-refractivity contribution in [2.45, 2.75) is 46.1 Å². The van der Waals surface area contributed by atoms with Gasteiger partial charge in [-0.2, -0.15) is 4.98 Å². The summed E-state index contributed by atoms with van der Waals surface area (Å²) in [6, 6.07) is 14.4. The van der Waals surface area contributed by atoms with E-state index in [0.29, 0.717) is 18.3 Å². The van der Waals surface area contributed by atoms with Gasteiger partial charge in [-0.15, -0.1) is 0 Å². The number of benzene rings is 2. The van der Waals surface area contributed by atoms with Crippen LogP contribution in [0.3, 0.4) is 0 Å². The molecule has 2 N–H and O–H groups in total. The maximum absolute atomic E-state index is 5.56. The van der Waals surface area contributed by atoms with Gasteiger partial charge in [-0.3, -0.25) is 0 Å². The van der Waals surface area contributed by atoms with Crippen LogP contribution >= 0.6 is 0 Å². The lowest BCUT2D eigenvalue weighted by atomic mass is 9.92. The van der Waals surface area contributed by atoms with Crippen LogP contribution in [0.25, 0.3) is 0 Å². The minimum atomic E-state index is 0.244. The van der Waals surface area contributed by atoms with Crippen LogP contribution in [0.5, 0.6) is 11.5 Å². The monoisotopic (exact) mass is 420 g/mol. The van der Waals surface area contributed by atoms with Crippen LogP contribution in [0.1, 0.15) is 50.3 Å². The van der Waals surface area contributed by atoms with Crippen LogP contribution in [-0.4, -0.2) is 30.2 Å². The molecule has 0 amide bonds. The molecule has 2 aromatic carbocycles. The highest BCUT2D eigenvalue weighted by Gasteiger charge is 2.17. The first-order valence-electron chi connectivity index (χ1n) is 10.6. The predicted octanol–water partition coefficient (Wildman–Crippen LogP) is 5.77. The second kappa shape index (κ2) is 10.2. The zero-order chi connectivity index (χ0) is 22.4. The van der Waals surface area contributed by atoms with Crippen molar-refractivity contribution in [3.05, 3.63) is 65.4 Å². The van der Waals surface area contributed by atoms with Gasteiger partial charge in [-0.05, 0) is 55.2 Å². The SMILES string of the molecule is COc1cc(Cc2cnc(NC(C)C)nc2Nc2ccccc2)c(C(C)C)cc1OC. The number of rotatable bonds is 9. The number of anilines is 3. The minimum Gasteiger partial charge on any atom is -0.493 e. The highest BCUT2D eigenvalue weighted by Crippen LogP contribution is 2.35. The number of hydrogen-bond donors (Lipinski definition) is 2. The summed E-state index contributed by atoms with van der Waals surface area (Å²) in [6.45, 7) is 8.50. The van der Waals surface area contributed by atoms with Crippen LogP contribution in [0.4, 0.5) is 17.5 Å². The lowest BCUT2D eigenvalue weighted by Crippen LogP contribution is -2.14. The fraction of sp³-hybridized carbons (Fsp3) is 0.360. The van der Waals surface area contributed by atoms with Crippen molar-refractivity contribution < 1.29 is 9.47 Å². The van der Waals surface area contributed by atoms with Crippen molar-refractivity contribution >= 4 is 17.5 Å². The third-order valence-electron chi connectivity index (χ3n) is 4.97. The van der Waals surface area contributed by atoms with Crippen molar-refractivity contribution in [1.29, 1.82) is 0 Å². The quantitative estimate of drug-likeness (QED) is 0.458. The second-order valence-electron chi connectivity index (χ2n) is 8.10. The van der Waals surface area contributed by atoms with Gasteiger partial charge in [0.2, 0.25) is 5.95 Å². The molecule has 31 heavy (non-hydrogen) atoms. The smallest absolute Gasteiger partial charge is 0.224 e. The number of nitrogens with one attached hydrogen (secondary N) is 2. The summed E-state index contributed by atoms with van der Waals surface area (Å²) in [4.78, 5) is 9.32. The maximum Gasteiger partial charge on any atom is 0.224 e. The Morgan fingerprint density at radius 3 is 2.19 bits per heavy atom. The third kappa shape index (κ3) is 5.66. The van der Waals surface area contributed by atoms with E-state index in [1.54, 1.807) is 14.2 Å². The molecule has 3 aromatic rings. The highest BCUT2D eigenvalue weighted by atomic mass is 16.5. The number of hydrogen-bond acceptors (Lipinski definition) is 6. The zero-order valence-corrected chi connectivity index (χ0v) is 19.2. The van der Waals surface area contributed by atoms with Crippen LogP contribution in [0, 0.1) is 0 Å². The molecule has 0 unspecified atom stereocenters. The van der Waals surface area contributed by atoms with Crippen LogP contribution in [-0.2, 0) is 6.42 Å². The van der Waals surface area contributed by atoms with Crippen LogP contribution in [0.2, 0.25) is 0 Å². The van der Waals surface area contributed by atoms with E-state index in [9.17, 15) is 0 Å². The molecular formula is C25H32N4O2. The van der Waals surface area contributed by atoms with E-state index in [1.165, 1.54) is 5.56 Å². The van der Waals surface area contributed by atoms with Crippen molar-refractivity contribution in [1.82, 2.24) is 9.97 Å². The van der Waals surface area contributed by atoms with Gasteiger partial charge < -0.3 is 20.1 Å². The Labute approximate surface area is 185 Å². The summed E-state index contributed by atoms with van der Waals surface area (Å²) < 4.78 is 11.1. The highest BCUT2D eigenvalue weighted by molar-refractivity contribution is 5.61. The molecule has 0 bridgehead atoms. The topological polar surface area (TPSA) is 68.3 Å². The van der Waals surface area contributed by atoms with E-state index in [1.807, 2.05) is 36.5 Å². The van der Waals surface area contributed by atoms with E-state index in [-0.39, 0.29) is 6.04 Å². The molecule has 0 aliphatic heterocycles. The van der Waals surface area contributed by atoms with Gasteiger partial charge >= 0.3 is 0 Å². The summed E-state index contributed by atoms with van der Waals surface area (Å²) in [5.74, 6) is 3.19. The molecule has 0 saturated carbocycles. The summed E-state index contributed by atoms with van der Waals surface area (Å²) in [5.41, 5.74) is 4.37. The second-order valence-corrected chi connectivity index (χ2v) is 8.10. The number of methoxy groups -OCH3 is 2. The maximum atomic E-state index is 5.56. The lowest BCUT2D eigenvalue weighted by molar-refractivity contribution is 0.354. The molecule has 0 aliphatic rings. The zero-order valence-electron chi connectivity index (χ0n) is 19.2. The Balaban J connectivity index is 2.03. The molecule has 1 heterocycles. The third-order valence-corrected chi connectivity index (χ3v) is 4.97.